The Labute approximate surface area is 182 Å². The number of rotatable bonds is 9. The molecule has 1 unspecified atom stereocenters. The van der Waals surface area contributed by atoms with Crippen LogP contribution in [0.5, 0.6) is 0 Å². The van der Waals surface area contributed by atoms with E-state index < -0.39 is 0 Å². The van der Waals surface area contributed by atoms with Crippen LogP contribution in [0.3, 0.4) is 0 Å². The molecule has 1 aliphatic heterocycles. The summed E-state index contributed by atoms with van der Waals surface area (Å²) in [5, 5.41) is 0. The van der Waals surface area contributed by atoms with Gasteiger partial charge in [0.15, 0.2) is 0 Å². The smallest absolute Gasteiger partial charge is 0.147 e. The van der Waals surface area contributed by atoms with Gasteiger partial charge < -0.3 is 14.7 Å². The van der Waals surface area contributed by atoms with Gasteiger partial charge in [-0.05, 0) is 50.3 Å². The highest BCUT2D eigenvalue weighted by molar-refractivity contribution is 5.39. The fourth-order valence-corrected chi connectivity index (χ4v) is 3.88. The number of anilines is 2. The van der Waals surface area contributed by atoms with Crippen LogP contribution in [0.4, 0.5) is 11.6 Å². The first-order chi connectivity index (χ1) is 14.5. The highest BCUT2D eigenvalue weighted by Crippen LogP contribution is 2.22. The summed E-state index contributed by atoms with van der Waals surface area (Å²) < 4.78 is 0. The van der Waals surface area contributed by atoms with Crippen molar-refractivity contribution in [3.63, 3.8) is 0 Å². The van der Waals surface area contributed by atoms with Crippen molar-refractivity contribution in [3.05, 3.63) is 42.0 Å². The maximum atomic E-state index is 4.73. The molecule has 0 spiro atoms. The Morgan fingerprint density at radius 2 is 1.73 bits per heavy atom. The number of hydrogen-bond donors (Lipinski definition) is 0. The summed E-state index contributed by atoms with van der Waals surface area (Å²) >= 11 is 0. The normalized spacial score (nSPS) is 16.1. The Kier molecular flexibility index (Phi) is 8.02. The molecule has 6 nitrogen and oxygen atoms in total. The van der Waals surface area contributed by atoms with E-state index in [9.17, 15) is 0 Å². The third-order valence-electron chi connectivity index (χ3n) is 6.20. The molecule has 1 fully saturated rings. The lowest BCUT2D eigenvalue weighted by molar-refractivity contribution is 0.312. The molecule has 0 N–H and O–H groups in total. The van der Waals surface area contributed by atoms with E-state index >= 15 is 0 Å². The average molecular weight is 411 g/mol. The van der Waals surface area contributed by atoms with Crippen molar-refractivity contribution in [1.82, 2.24) is 19.9 Å². The monoisotopic (exact) mass is 410 g/mol. The number of pyridine rings is 1. The number of nitrogens with zero attached hydrogens (tertiary/aromatic N) is 6. The molecule has 3 heterocycles. The zero-order valence-corrected chi connectivity index (χ0v) is 19.4. The van der Waals surface area contributed by atoms with Crippen molar-refractivity contribution >= 4 is 11.6 Å². The lowest BCUT2D eigenvalue weighted by atomic mass is 10.0. The van der Waals surface area contributed by atoms with E-state index in [4.69, 9.17) is 9.97 Å². The van der Waals surface area contributed by atoms with Crippen LogP contribution in [0.15, 0.2) is 30.7 Å². The van der Waals surface area contributed by atoms with Gasteiger partial charge in [0.25, 0.3) is 0 Å². The topological polar surface area (TPSA) is 48.4 Å². The van der Waals surface area contributed by atoms with E-state index in [1.54, 1.807) is 0 Å². The second-order valence-electron chi connectivity index (χ2n) is 8.82. The second kappa shape index (κ2) is 10.7. The largest absolute Gasteiger partial charge is 0.357 e. The first-order valence-electron chi connectivity index (χ1n) is 11.4. The predicted octanol–water partition coefficient (Wildman–Crippen LogP) is 4.16. The van der Waals surface area contributed by atoms with Gasteiger partial charge in [0.05, 0.1) is 18.1 Å². The van der Waals surface area contributed by atoms with Crippen LogP contribution in [0.2, 0.25) is 0 Å². The molecule has 2 aromatic heterocycles. The Morgan fingerprint density at radius 3 is 2.30 bits per heavy atom. The molecular formula is C24H38N6. The molecule has 1 aliphatic rings. The predicted molar refractivity (Wildman–Crippen MR) is 126 cm³/mol. The Hall–Kier alpha value is -2.21. The van der Waals surface area contributed by atoms with Gasteiger partial charge in [-0.1, -0.05) is 26.8 Å². The van der Waals surface area contributed by atoms with Gasteiger partial charge in [0.1, 0.15) is 11.6 Å². The van der Waals surface area contributed by atoms with E-state index in [2.05, 4.69) is 66.6 Å². The van der Waals surface area contributed by atoms with E-state index in [-0.39, 0.29) is 0 Å². The van der Waals surface area contributed by atoms with E-state index in [1.807, 2.05) is 18.6 Å². The Morgan fingerprint density at radius 1 is 0.967 bits per heavy atom. The molecule has 0 saturated carbocycles. The van der Waals surface area contributed by atoms with Gasteiger partial charge in [-0.25, -0.2) is 9.97 Å². The number of hydrogen-bond acceptors (Lipinski definition) is 6. The molecular weight excluding hydrogens is 372 g/mol. The Balaban J connectivity index is 1.49. The average Bonchev–Trinajstić information content (AvgIpc) is 2.77. The molecule has 164 valence electrons. The second-order valence-corrected chi connectivity index (χ2v) is 8.82. The number of aromatic nitrogens is 3. The highest BCUT2D eigenvalue weighted by atomic mass is 15.3. The number of piperazine rings is 1. The van der Waals surface area contributed by atoms with Crippen molar-refractivity contribution in [2.75, 3.05) is 56.1 Å². The van der Waals surface area contributed by atoms with Crippen LogP contribution in [0, 0.1) is 0 Å². The summed E-state index contributed by atoms with van der Waals surface area (Å²) in [5.41, 5.74) is 2.39. The molecule has 6 heteroatoms. The zero-order chi connectivity index (χ0) is 21.5. The summed E-state index contributed by atoms with van der Waals surface area (Å²) in [4.78, 5) is 21.2. The first kappa shape index (κ1) is 22.5. The number of likely N-dealkylation sites (N-methyl/N-ethyl adjacent to an activating group) is 1. The molecule has 1 atom stereocenters. The van der Waals surface area contributed by atoms with E-state index in [0.717, 1.165) is 69.4 Å². The third-order valence-corrected chi connectivity index (χ3v) is 6.20. The molecule has 3 rings (SSSR count). The van der Waals surface area contributed by atoms with Crippen LogP contribution >= 0.6 is 0 Å². The lowest BCUT2D eigenvalue weighted by Gasteiger charge is -2.33. The summed E-state index contributed by atoms with van der Waals surface area (Å²) in [6, 6.07) is 4.36. The van der Waals surface area contributed by atoms with Gasteiger partial charge >= 0.3 is 0 Å². The van der Waals surface area contributed by atoms with Crippen LogP contribution in [0.1, 0.15) is 63.6 Å². The lowest BCUT2D eigenvalue weighted by Crippen LogP contribution is -2.44. The van der Waals surface area contributed by atoms with Crippen molar-refractivity contribution in [3.8, 4) is 0 Å². The van der Waals surface area contributed by atoms with Gasteiger partial charge in [-0.3, -0.25) is 4.98 Å². The van der Waals surface area contributed by atoms with Crippen LogP contribution in [0.25, 0.3) is 0 Å². The van der Waals surface area contributed by atoms with Gasteiger partial charge in [0, 0.05) is 45.5 Å². The summed E-state index contributed by atoms with van der Waals surface area (Å²) in [6.45, 7) is 15.1. The highest BCUT2D eigenvalue weighted by Gasteiger charge is 2.16. The molecule has 0 amide bonds. The quantitative estimate of drug-likeness (QED) is 0.619. The van der Waals surface area contributed by atoms with Crippen molar-refractivity contribution < 1.29 is 0 Å². The molecule has 1 saturated heterocycles. The fourth-order valence-electron chi connectivity index (χ4n) is 3.88. The van der Waals surface area contributed by atoms with Crippen molar-refractivity contribution in [2.45, 2.75) is 52.4 Å². The minimum atomic E-state index is 0.411. The van der Waals surface area contributed by atoms with Gasteiger partial charge in [-0.15, -0.1) is 0 Å². The van der Waals surface area contributed by atoms with E-state index in [1.165, 1.54) is 5.56 Å². The van der Waals surface area contributed by atoms with Crippen molar-refractivity contribution in [1.29, 1.82) is 0 Å². The summed E-state index contributed by atoms with van der Waals surface area (Å²) in [6.07, 6.45) is 8.16. The summed E-state index contributed by atoms with van der Waals surface area (Å²) in [5.74, 6) is 3.01. The molecule has 0 aliphatic carbocycles. The first-order valence-corrected chi connectivity index (χ1v) is 11.4. The van der Waals surface area contributed by atoms with Crippen LogP contribution in [-0.2, 0) is 0 Å². The molecule has 2 aromatic rings. The van der Waals surface area contributed by atoms with Crippen LogP contribution in [-0.4, -0.2) is 66.2 Å². The Bertz CT molecular complexity index is 750. The fraction of sp³-hybridized carbons (Fsp3) is 0.625. The van der Waals surface area contributed by atoms with Crippen molar-refractivity contribution in [2.24, 2.45) is 0 Å². The minimum absolute atomic E-state index is 0.411. The molecule has 0 radical (unpaired) electrons. The molecule has 0 bridgehead atoms. The van der Waals surface area contributed by atoms with Gasteiger partial charge in [-0.2, -0.15) is 0 Å². The summed E-state index contributed by atoms with van der Waals surface area (Å²) in [7, 11) is 2.17. The molecule has 30 heavy (non-hydrogen) atoms. The molecule has 0 aromatic carbocycles. The maximum Gasteiger partial charge on any atom is 0.147 e. The third kappa shape index (κ3) is 5.91. The minimum Gasteiger partial charge on any atom is -0.357 e. The SMILES string of the molecule is CCN(CCCC(C)c1cnc(N2CCN(C)CC2)cn1)c1ccc(C(C)C)cn1. The van der Waals surface area contributed by atoms with Crippen LogP contribution < -0.4 is 9.80 Å². The van der Waals surface area contributed by atoms with E-state index in [0.29, 0.717) is 11.8 Å². The zero-order valence-electron chi connectivity index (χ0n) is 19.4. The maximum absolute atomic E-state index is 4.73. The van der Waals surface area contributed by atoms with Gasteiger partial charge in [0.2, 0.25) is 0 Å². The standard InChI is InChI=1S/C24H38N6/c1-6-29(23-10-9-21(16-26-23)19(2)3)11-7-8-20(4)22-17-27-24(18-25-22)30-14-12-28(5)13-15-30/h9-10,16-20H,6-8,11-15H2,1-5H3.